The zero-order valence-electron chi connectivity index (χ0n) is 17.6. The van der Waals surface area contributed by atoms with Crippen LogP contribution in [0.4, 0.5) is 5.69 Å². The van der Waals surface area contributed by atoms with Crippen LogP contribution >= 0.6 is 0 Å². The Morgan fingerprint density at radius 1 is 0.812 bits per heavy atom. The van der Waals surface area contributed by atoms with Gasteiger partial charge in [-0.2, -0.15) is 5.10 Å². The molecular weight excluding hydrogens is 410 g/mol. The smallest absolute Gasteiger partial charge is 0.337 e. The third kappa shape index (κ3) is 4.61. The Morgan fingerprint density at radius 2 is 1.38 bits per heavy atom. The van der Waals surface area contributed by atoms with Crippen molar-refractivity contribution in [3.63, 3.8) is 0 Å². The average Bonchev–Trinajstić information content (AvgIpc) is 3.55. The van der Waals surface area contributed by atoms with Gasteiger partial charge >= 0.3 is 5.97 Å². The summed E-state index contributed by atoms with van der Waals surface area (Å²) >= 11 is 0. The molecule has 1 aliphatic rings. The van der Waals surface area contributed by atoms with Crippen LogP contribution in [0, 0.1) is 0 Å². The van der Waals surface area contributed by atoms with Crippen molar-refractivity contribution in [1.29, 1.82) is 0 Å². The van der Waals surface area contributed by atoms with Crippen LogP contribution in [0.25, 0.3) is 5.69 Å². The van der Waals surface area contributed by atoms with E-state index in [-0.39, 0.29) is 5.56 Å². The highest BCUT2D eigenvalue weighted by Gasteiger charge is 2.14. The summed E-state index contributed by atoms with van der Waals surface area (Å²) in [7, 11) is 1.28. The first-order valence-corrected chi connectivity index (χ1v) is 10.2. The van der Waals surface area contributed by atoms with Crippen LogP contribution in [-0.2, 0) is 4.74 Å². The van der Waals surface area contributed by atoms with Gasteiger partial charge in [0.1, 0.15) is 0 Å². The maximum absolute atomic E-state index is 12.4. The number of hydrogen-bond acceptors (Lipinski definition) is 6. The van der Waals surface area contributed by atoms with Gasteiger partial charge in [-0.15, -0.1) is 0 Å². The van der Waals surface area contributed by atoms with Crippen LogP contribution in [0.1, 0.15) is 43.9 Å². The standard InChI is InChI=1S/C23H23N5O4/c1-32-23(31)17-6-4-16(5-7-17)21(29)25-26-22(30)18-14-24-28(15-18)20-10-8-19(9-11-20)27-12-2-3-13-27/h4-11,14-15H,2-3,12-13H2,1H3,(H,25,29)(H,26,30). The van der Waals surface area contributed by atoms with E-state index in [9.17, 15) is 14.4 Å². The third-order valence-corrected chi connectivity index (χ3v) is 5.29. The van der Waals surface area contributed by atoms with Gasteiger partial charge in [-0.1, -0.05) is 0 Å². The molecule has 32 heavy (non-hydrogen) atoms. The number of anilines is 1. The third-order valence-electron chi connectivity index (χ3n) is 5.29. The molecule has 1 saturated heterocycles. The molecule has 0 bridgehead atoms. The number of ether oxygens (including phenoxy) is 1. The molecule has 0 unspecified atom stereocenters. The quantitative estimate of drug-likeness (QED) is 0.473. The second kappa shape index (κ2) is 9.34. The molecule has 0 aliphatic carbocycles. The predicted octanol–water partition coefficient (Wildman–Crippen LogP) is 2.33. The number of carbonyl (C=O) groups is 3. The van der Waals surface area contributed by atoms with Crippen molar-refractivity contribution in [2.45, 2.75) is 12.8 Å². The zero-order chi connectivity index (χ0) is 22.5. The lowest BCUT2D eigenvalue weighted by Crippen LogP contribution is -2.41. The van der Waals surface area contributed by atoms with Crippen LogP contribution in [0.15, 0.2) is 60.9 Å². The van der Waals surface area contributed by atoms with Crippen LogP contribution < -0.4 is 15.8 Å². The fourth-order valence-electron chi connectivity index (χ4n) is 3.51. The number of hydrazine groups is 1. The lowest BCUT2D eigenvalue weighted by molar-refractivity contribution is 0.0600. The first kappa shape index (κ1) is 21.1. The number of nitrogens with one attached hydrogen (secondary N) is 2. The number of benzene rings is 2. The Bertz CT molecular complexity index is 1120. The molecule has 9 nitrogen and oxygen atoms in total. The minimum Gasteiger partial charge on any atom is -0.465 e. The molecule has 0 atom stereocenters. The van der Waals surface area contributed by atoms with E-state index < -0.39 is 17.8 Å². The predicted molar refractivity (Wildman–Crippen MR) is 118 cm³/mol. The summed E-state index contributed by atoms with van der Waals surface area (Å²) in [6, 6.07) is 13.9. The molecule has 1 aliphatic heterocycles. The van der Waals surface area contributed by atoms with E-state index in [0.717, 1.165) is 18.8 Å². The average molecular weight is 433 g/mol. The summed E-state index contributed by atoms with van der Waals surface area (Å²) in [5, 5.41) is 4.24. The Kier molecular flexibility index (Phi) is 6.16. The summed E-state index contributed by atoms with van der Waals surface area (Å²) in [5.74, 6) is -1.50. The normalized spacial score (nSPS) is 13.0. The maximum atomic E-state index is 12.4. The lowest BCUT2D eigenvalue weighted by atomic mass is 10.1. The molecule has 9 heteroatoms. The Balaban J connectivity index is 1.34. The van der Waals surface area contributed by atoms with Crippen molar-refractivity contribution in [2.75, 3.05) is 25.1 Å². The summed E-state index contributed by atoms with van der Waals surface area (Å²) in [6.07, 6.45) is 5.46. The fraction of sp³-hybridized carbons (Fsp3) is 0.217. The summed E-state index contributed by atoms with van der Waals surface area (Å²) in [6.45, 7) is 2.15. The second-order valence-electron chi connectivity index (χ2n) is 7.36. The van der Waals surface area contributed by atoms with E-state index in [1.807, 2.05) is 24.3 Å². The number of hydrogen-bond donors (Lipinski definition) is 2. The number of aromatic nitrogens is 2. The molecule has 4 rings (SSSR count). The molecule has 3 aromatic rings. The van der Waals surface area contributed by atoms with E-state index >= 15 is 0 Å². The minimum atomic E-state index is -0.514. The molecule has 1 aromatic heterocycles. The van der Waals surface area contributed by atoms with Crippen molar-refractivity contribution in [3.05, 3.63) is 77.6 Å². The molecule has 0 spiro atoms. The number of esters is 1. The van der Waals surface area contributed by atoms with Gasteiger partial charge in [-0.3, -0.25) is 20.4 Å². The Hall–Kier alpha value is -4.14. The van der Waals surface area contributed by atoms with Gasteiger partial charge in [0.25, 0.3) is 11.8 Å². The molecule has 164 valence electrons. The molecule has 1 fully saturated rings. The first-order valence-electron chi connectivity index (χ1n) is 10.2. The number of nitrogens with zero attached hydrogens (tertiary/aromatic N) is 3. The molecular formula is C23H23N5O4. The second-order valence-corrected chi connectivity index (χ2v) is 7.36. The van der Waals surface area contributed by atoms with E-state index in [4.69, 9.17) is 0 Å². The highest BCUT2D eigenvalue weighted by atomic mass is 16.5. The van der Waals surface area contributed by atoms with E-state index in [1.54, 1.807) is 10.9 Å². The van der Waals surface area contributed by atoms with Crippen molar-refractivity contribution < 1.29 is 19.1 Å². The molecule has 2 heterocycles. The minimum absolute atomic E-state index is 0.284. The number of amides is 2. The highest BCUT2D eigenvalue weighted by Crippen LogP contribution is 2.21. The molecule has 0 radical (unpaired) electrons. The Labute approximate surface area is 184 Å². The SMILES string of the molecule is COC(=O)c1ccc(C(=O)NNC(=O)c2cnn(-c3ccc(N4CCCC4)cc3)c2)cc1. The topological polar surface area (TPSA) is 106 Å². The van der Waals surface area contributed by atoms with E-state index in [2.05, 4.69) is 25.6 Å². The number of carbonyl (C=O) groups excluding carboxylic acids is 3. The van der Waals surface area contributed by atoms with E-state index in [0.29, 0.717) is 11.1 Å². The largest absolute Gasteiger partial charge is 0.465 e. The van der Waals surface area contributed by atoms with Crippen molar-refractivity contribution >= 4 is 23.5 Å². The van der Waals surface area contributed by atoms with Crippen molar-refractivity contribution in [1.82, 2.24) is 20.6 Å². The number of rotatable bonds is 5. The molecule has 2 aromatic carbocycles. The van der Waals surface area contributed by atoms with Crippen LogP contribution in [0.5, 0.6) is 0 Å². The first-order chi connectivity index (χ1) is 15.5. The summed E-state index contributed by atoms with van der Waals surface area (Å²) in [5.41, 5.74) is 7.64. The zero-order valence-corrected chi connectivity index (χ0v) is 17.6. The van der Waals surface area contributed by atoms with Crippen molar-refractivity contribution in [3.8, 4) is 5.69 Å². The van der Waals surface area contributed by atoms with Gasteiger partial charge < -0.3 is 9.64 Å². The van der Waals surface area contributed by atoms with Gasteiger partial charge in [0.2, 0.25) is 0 Å². The van der Waals surface area contributed by atoms with Crippen LogP contribution in [-0.4, -0.2) is 47.8 Å². The Morgan fingerprint density at radius 3 is 2.00 bits per heavy atom. The lowest BCUT2D eigenvalue weighted by Gasteiger charge is -2.17. The molecule has 0 saturated carbocycles. The van der Waals surface area contributed by atoms with Gasteiger partial charge in [0, 0.05) is 30.5 Å². The van der Waals surface area contributed by atoms with Gasteiger partial charge in [-0.05, 0) is 61.4 Å². The van der Waals surface area contributed by atoms with Gasteiger partial charge in [0.05, 0.1) is 30.1 Å². The van der Waals surface area contributed by atoms with E-state index in [1.165, 1.54) is 56.1 Å². The monoisotopic (exact) mass is 433 g/mol. The van der Waals surface area contributed by atoms with Gasteiger partial charge in [-0.25, -0.2) is 9.48 Å². The fourth-order valence-corrected chi connectivity index (χ4v) is 3.51. The van der Waals surface area contributed by atoms with Crippen LogP contribution in [0.3, 0.4) is 0 Å². The van der Waals surface area contributed by atoms with Gasteiger partial charge in [0.15, 0.2) is 0 Å². The molecule has 2 N–H and O–H groups in total. The number of methoxy groups -OCH3 is 1. The molecule has 2 amide bonds. The highest BCUT2D eigenvalue weighted by molar-refractivity contribution is 5.99. The summed E-state index contributed by atoms with van der Waals surface area (Å²) in [4.78, 5) is 38.4. The van der Waals surface area contributed by atoms with Crippen LogP contribution in [0.2, 0.25) is 0 Å². The summed E-state index contributed by atoms with van der Waals surface area (Å²) < 4.78 is 6.23. The maximum Gasteiger partial charge on any atom is 0.337 e. The van der Waals surface area contributed by atoms with Crippen molar-refractivity contribution in [2.24, 2.45) is 0 Å².